The van der Waals surface area contributed by atoms with Crippen molar-refractivity contribution in [2.24, 2.45) is 0 Å². The van der Waals surface area contributed by atoms with E-state index in [1.54, 1.807) is 11.0 Å². The molecule has 1 aromatic heterocycles. The molecule has 0 fully saturated rings. The largest absolute Gasteiger partial charge is 0.333 e. The number of halogens is 1. The van der Waals surface area contributed by atoms with Crippen LogP contribution in [-0.2, 0) is 6.54 Å². The number of rotatable bonds is 7. The fourth-order valence-corrected chi connectivity index (χ4v) is 3.16. The fourth-order valence-electron chi connectivity index (χ4n) is 3.16. The molecule has 0 aliphatic rings. The first-order valence-electron chi connectivity index (χ1n) is 9.65. The Hall–Kier alpha value is -3.05. The zero-order valence-electron chi connectivity index (χ0n) is 17.1. The molecule has 29 heavy (non-hydrogen) atoms. The summed E-state index contributed by atoms with van der Waals surface area (Å²) in [6, 6.07) is 20.0. The monoisotopic (exact) mass is 391 g/mol. The number of aromatic nitrogens is 1. The van der Waals surface area contributed by atoms with Gasteiger partial charge in [-0.1, -0.05) is 42.5 Å². The van der Waals surface area contributed by atoms with E-state index < -0.39 is 0 Å². The highest BCUT2D eigenvalue weighted by atomic mass is 19.1. The van der Waals surface area contributed by atoms with Gasteiger partial charge in [-0.15, -0.1) is 0 Å². The number of carbonyl (C=O) groups excluding carboxylic acids is 1. The van der Waals surface area contributed by atoms with Crippen LogP contribution in [0.3, 0.4) is 0 Å². The van der Waals surface area contributed by atoms with Crippen molar-refractivity contribution in [2.45, 2.75) is 13.5 Å². The van der Waals surface area contributed by atoms with Gasteiger partial charge >= 0.3 is 0 Å². The maximum atomic E-state index is 13.6. The quantitative estimate of drug-likeness (QED) is 0.599. The van der Waals surface area contributed by atoms with Crippen LogP contribution in [0.15, 0.2) is 66.7 Å². The molecular weight excluding hydrogens is 365 g/mol. The highest BCUT2D eigenvalue weighted by Gasteiger charge is 2.19. The van der Waals surface area contributed by atoms with Crippen LogP contribution in [-0.4, -0.2) is 47.9 Å². The Balaban J connectivity index is 1.86. The zero-order valence-corrected chi connectivity index (χ0v) is 17.1. The van der Waals surface area contributed by atoms with Crippen molar-refractivity contribution in [1.82, 2.24) is 14.8 Å². The number of carbonyl (C=O) groups is 1. The number of likely N-dealkylation sites (N-methyl/N-ethyl adjacent to an activating group) is 1. The van der Waals surface area contributed by atoms with Crippen molar-refractivity contribution in [3.63, 3.8) is 0 Å². The maximum Gasteiger partial charge on any atom is 0.256 e. The minimum absolute atomic E-state index is 0.0966. The summed E-state index contributed by atoms with van der Waals surface area (Å²) in [5.41, 5.74) is 3.87. The predicted molar refractivity (Wildman–Crippen MR) is 114 cm³/mol. The van der Waals surface area contributed by atoms with Crippen LogP contribution in [0, 0.1) is 12.7 Å². The molecular formula is C24H26FN3O. The smallest absolute Gasteiger partial charge is 0.256 e. The second-order valence-electron chi connectivity index (χ2n) is 7.36. The molecule has 2 aromatic carbocycles. The Labute approximate surface area is 171 Å². The van der Waals surface area contributed by atoms with Crippen LogP contribution in [0.5, 0.6) is 0 Å². The van der Waals surface area contributed by atoms with E-state index in [2.05, 4.69) is 4.98 Å². The van der Waals surface area contributed by atoms with Crippen LogP contribution in [0.4, 0.5) is 4.39 Å². The molecule has 0 saturated heterocycles. The Morgan fingerprint density at radius 1 is 0.966 bits per heavy atom. The van der Waals surface area contributed by atoms with Gasteiger partial charge in [0.05, 0.1) is 17.0 Å². The molecule has 3 aromatic rings. The summed E-state index contributed by atoms with van der Waals surface area (Å²) < 4.78 is 13.6. The predicted octanol–water partition coefficient (Wildman–Crippen LogP) is 4.40. The lowest BCUT2D eigenvalue weighted by Crippen LogP contribution is -2.36. The van der Waals surface area contributed by atoms with E-state index >= 15 is 0 Å². The van der Waals surface area contributed by atoms with Crippen LogP contribution in [0.25, 0.3) is 11.3 Å². The van der Waals surface area contributed by atoms with E-state index in [0.717, 1.165) is 23.4 Å². The molecule has 4 nitrogen and oxygen atoms in total. The first kappa shape index (κ1) is 20.7. The van der Waals surface area contributed by atoms with Crippen molar-refractivity contribution >= 4 is 5.91 Å². The van der Waals surface area contributed by atoms with Crippen LogP contribution >= 0.6 is 0 Å². The molecule has 0 unspecified atom stereocenters. The molecule has 1 heterocycles. The van der Waals surface area contributed by atoms with Crippen LogP contribution in [0.1, 0.15) is 21.6 Å². The molecule has 0 N–H and O–H groups in total. The number of benzene rings is 2. The van der Waals surface area contributed by atoms with Crippen molar-refractivity contribution in [3.8, 4) is 11.3 Å². The topological polar surface area (TPSA) is 36.4 Å². The van der Waals surface area contributed by atoms with Crippen LogP contribution < -0.4 is 0 Å². The Morgan fingerprint density at radius 3 is 2.38 bits per heavy atom. The van der Waals surface area contributed by atoms with Gasteiger partial charge in [0.1, 0.15) is 5.82 Å². The lowest BCUT2D eigenvalue weighted by molar-refractivity contribution is 0.0730. The van der Waals surface area contributed by atoms with Gasteiger partial charge in [0.15, 0.2) is 0 Å². The van der Waals surface area contributed by atoms with Gasteiger partial charge in [0.2, 0.25) is 0 Å². The lowest BCUT2D eigenvalue weighted by atomic mass is 10.1. The first-order valence-corrected chi connectivity index (χ1v) is 9.65. The minimum atomic E-state index is -0.299. The molecule has 1 amide bonds. The zero-order chi connectivity index (χ0) is 20.8. The molecule has 5 heteroatoms. The molecule has 0 aliphatic carbocycles. The van der Waals surface area contributed by atoms with E-state index in [-0.39, 0.29) is 11.7 Å². The maximum absolute atomic E-state index is 13.6. The third-order valence-electron chi connectivity index (χ3n) is 4.75. The van der Waals surface area contributed by atoms with E-state index in [9.17, 15) is 9.18 Å². The standard InChI is InChI=1S/C24H26FN3O/c1-18-22(12-13-23(26-18)20-9-5-4-6-10-20)24(29)28(15-14-27(2)3)17-19-8-7-11-21(25)16-19/h4-13,16H,14-15,17H2,1-3H3. The lowest BCUT2D eigenvalue weighted by Gasteiger charge is -2.25. The Bertz CT molecular complexity index is 973. The van der Waals surface area contributed by atoms with Gasteiger partial charge in [-0.3, -0.25) is 9.78 Å². The number of amides is 1. The number of aryl methyl sites for hydroxylation is 1. The number of pyridine rings is 1. The van der Waals surface area contributed by atoms with Crippen LogP contribution in [0.2, 0.25) is 0 Å². The summed E-state index contributed by atoms with van der Waals surface area (Å²) in [4.78, 5) is 21.7. The van der Waals surface area contributed by atoms with E-state index in [1.165, 1.54) is 12.1 Å². The third kappa shape index (κ3) is 5.48. The molecule has 3 rings (SSSR count). The van der Waals surface area contributed by atoms with Gasteiger partial charge < -0.3 is 9.80 Å². The summed E-state index contributed by atoms with van der Waals surface area (Å²) >= 11 is 0. The molecule has 0 saturated carbocycles. The summed E-state index contributed by atoms with van der Waals surface area (Å²) in [7, 11) is 3.93. The molecule has 0 spiro atoms. The highest BCUT2D eigenvalue weighted by Crippen LogP contribution is 2.20. The third-order valence-corrected chi connectivity index (χ3v) is 4.75. The molecule has 0 bridgehead atoms. The van der Waals surface area contributed by atoms with Crippen molar-refractivity contribution in [1.29, 1.82) is 0 Å². The molecule has 150 valence electrons. The number of hydrogen-bond acceptors (Lipinski definition) is 3. The highest BCUT2D eigenvalue weighted by molar-refractivity contribution is 5.95. The second-order valence-corrected chi connectivity index (χ2v) is 7.36. The average molecular weight is 391 g/mol. The van der Waals surface area contributed by atoms with E-state index in [4.69, 9.17) is 0 Å². The van der Waals surface area contributed by atoms with Gasteiger partial charge in [-0.2, -0.15) is 0 Å². The minimum Gasteiger partial charge on any atom is -0.333 e. The van der Waals surface area contributed by atoms with Gasteiger partial charge in [-0.05, 0) is 50.8 Å². The van der Waals surface area contributed by atoms with E-state index in [0.29, 0.717) is 24.3 Å². The van der Waals surface area contributed by atoms with Gasteiger partial charge in [-0.25, -0.2) is 4.39 Å². The van der Waals surface area contributed by atoms with Crippen molar-refractivity contribution in [2.75, 3.05) is 27.2 Å². The Kier molecular flexibility index (Phi) is 6.73. The molecule has 0 atom stereocenters. The molecule has 0 aliphatic heterocycles. The number of nitrogens with zero attached hydrogens (tertiary/aromatic N) is 3. The summed E-state index contributed by atoms with van der Waals surface area (Å²) in [5.74, 6) is -0.395. The summed E-state index contributed by atoms with van der Waals surface area (Å²) in [6.45, 7) is 3.47. The summed E-state index contributed by atoms with van der Waals surface area (Å²) in [5, 5.41) is 0. The van der Waals surface area contributed by atoms with E-state index in [1.807, 2.05) is 74.4 Å². The number of hydrogen-bond donors (Lipinski definition) is 0. The molecule has 0 radical (unpaired) electrons. The fraction of sp³-hybridized carbons (Fsp3) is 0.250. The SMILES string of the molecule is Cc1nc(-c2ccccc2)ccc1C(=O)N(CCN(C)C)Cc1cccc(F)c1. The first-order chi connectivity index (χ1) is 13.9. The summed E-state index contributed by atoms with van der Waals surface area (Å²) in [6.07, 6.45) is 0. The van der Waals surface area contributed by atoms with Gasteiger partial charge in [0, 0.05) is 25.2 Å². The van der Waals surface area contributed by atoms with Crippen molar-refractivity contribution in [3.05, 3.63) is 89.4 Å². The average Bonchev–Trinajstić information content (AvgIpc) is 2.71. The van der Waals surface area contributed by atoms with Crippen molar-refractivity contribution < 1.29 is 9.18 Å². The second kappa shape index (κ2) is 9.43. The van der Waals surface area contributed by atoms with Gasteiger partial charge in [0.25, 0.3) is 5.91 Å². The Morgan fingerprint density at radius 2 is 1.72 bits per heavy atom. The normalized spacial score (nSPS) is 10.9.